The first kappa shape index (κ1) is 9.01. The van der Waals surface area contributed by atoms with Crippen LogP contribution in [-0.4, -0.2) is 23.8 Å². The molecular formula is C9H19NO. The van der Waals surface area contributed by atoms with Crippen molar-refractivity contribution >= 4 is 0 Å². The smallest absolute Gasteiger partial charge is 0.0613 e. The van der Waals surface area contributed by atoms with Gasteiger partial charge < -0.3 is 10.4 Å². The van der Waals surface area contributed by atoms with Crippen LogP contribution in [0.1, 0.15) is 33.1 Å². The van der Waals surface area contributed by atoms with Gasteiger partial charge in [0.2, 0.25) is 0 Å². The number of hydrogen-bond acceptors (Lipinski definition) is 2. The molecule has 0 aromatic carbocycles. The molecule has 11 heavy (non-hydrogen) atoms. The average Bonchev–Trinajstić information content (AvgIpc) is 1.86. The molecule has 1 rings (SSSR count). The van der Waals surface area contributed by atoms with Gasteiger partial charge in [0.05, 0.1) is 6.61 Å². The molecule has 1 saturated carbocycles. The minimum Gasteiger partial charge on any atom is -0.394 e. The minimum atomic E-state index is 0.101. The molecular weight excluding hydrogens is 138 g/mol. The van der Waals surface area contributed by atoms with Crippen molar-refractivity contribution in [2.75, 3.05) is 13.2 Å². The molecule has 0 aromatic heterocycles. The fraction of sp³-hybridized carbons (Fsp3) is 1.00. The summed E-state index contributed by atoms with van der Waals surface area (Å²) in [5.41, 5.74) is 0.101. The zero-order valence-electron chi connectivity index (χ0n) is 7.56. The van der Waals surface area contributed by atoms with E-state index in [0.717, 1.165) is 19.4 Å². The van der Waals surface area contributed by atoms with Crippen molar-refractivity contribution in [2.45, 2.75) is 38.6 Å². The van der Waals surface area contributed by atoms with Crippen molar-refractivity contribution in [3.8, 4) is 0 Å². The normalized spacial score (nSPS) is 21.8. The van der Waals surface area contributed by atoms with Crippen LogP contribution in [-0.2, 0) is 0 Å². The van der Waals surface area contributed by atoms with E-state index in [-0.39, 0.29) is 5.54 Å². The van der Waals surface area contributed by atoms with Crippen molar-refractivity contribution in [2.24, 2.45) is 5.92 Å². The van der Waals surface area contributed by atoms with Crippen LogP contribution in [0.4, 0.5) is 0 Å². The van der Waals surface area contributed by atoms with E-state index in [9.17, 15) is 0 Å². The maximum atomic E-state index is 9.09. The van der Waals surface area contributed by atoms with E-state index in [1.165, 1.54) is 6.42 Å². The molecule has 2 N–H and O–H groups in total. The summed E-state index contributed by atoms with van der Waals surface area (Å²) in [6, 6.07) is 0. The standard InChI is InChI=1S/C9H19NO/c1-8(2)6-10-9(7-11)4-3-5-9/h8,10-11H,3-7H2,1-2H3. The molecule has 0 atom stereocenters. The van der Waals surface area contributed by atoms with Crippen LogP contribution in [0.15, 0.2) is 0 Å². The van der Waals surface area contributed by atoms with E-state index in [2.05, 4.69) is 19.2 Å². The molecule has 0 unspecified atom stereocenters. The molecule has 1 aliphatic carbocycles. The summed E-state index contributed by atoms with van der Waals surface area (Å²) < 4.78 is 0. The lowest BCUT2D eigenvalue weighted by molar-refractivity contribution is 0.0859. The Kier molecular flexibility index (Phi) is 2.90. The van der Waals surface area contributed by atoms with E-state index in [1.54, 1.807) is 0 Å². The van der Waals surface area contributed by atoms with Gasteiger partial charge in [-0.25, -0.2) is 0 Å². The van der Waals surface area contributed by atoms with Crippen LogP contribution >= 0.6 is 0 Å². The number of nitrogens with one attached hydrogen (secondary N) is 1. The molecule has 0 bridgehead atoms. The number of rotatable bonds is 4. The first-order chi connectivity index (χ1) is 5.18. The van der Waals surface area contributed by atoms with Crippen molar-refractivity contribution in [1.29, 1.82) is 0 Å². The van der Waals surface area contributed by atoms with Crippen LogP contribution in [0.2, 0.25) is 0 Å². The van der Waals surface area contributed by atoms with Crippen molar-refractivity contribution in [1.82, 2.24) is 5.32 Å². The Labute approximate surface area is 69.0 Å². The first-order valence-corrected chi connectivity index (χ1v) is 4.54. The Morgan fingerprint density at radius 2 is 2.09 bits per heavy atom. The van der Waals surface area contributed by atoms with E-state index in [0.29, 0.717) is 12.5 Å². The van der Waals surface area contributed by atoms with Crippen molar-refractivity contribution in [3.05, 3.63) is 0 Å². The fourth-order valence-corrected chi connectivity index (χ4v) is 1.41. The van der Waals surface area contributed by atoms with Gasteiger partial charge in [0.1, 0.15) is 0 Å². The van der Waals surface area contributed by atoms with Gasteiger partial charge in [-0.05, 0) is 31.7 Å². The van der Waals surface area contributed by atoms with Crippen molar-refractivity contribution in [3.63, 3.8) is 0 Å². The highest BCUT2D eigenvalue weighted by Crippen LogP contribution is 2.31. The second kappa shape index (κ2) is 3.55. The van der Waals surface area contributed by atoms with Crippen LogP contribution in [0, 0.1) is 5.92 Å². The summed E-state index contributed by atoms with van der Waals surface area (Å²) in [6.45, 7) is 5.72. The average molecular weight is 157 g/mol. The molecule has 0 aromatic rings. The Morgan fingerprint density at radius 3 is 2.36 bits per heavy atom. The first-order valence-electron chi connectivity index (χ1n) is 4.54. The van der Waals surface area contributed by atoms with E-state index < -0.39 is 0 Å². The maximum Gasteiger partial charge on any atom is 0.0613 e. The minimum absolute atomic E-state index is 0.101. The summed E-state index contributed by atoms with van der Waals surface area (Å²) in [7, 11) is 0. The number of hydrogen-bond donors (Lipinski definition) is 2. The molecule has 2 heteroatoms. The third-order valence-electron chi connectivity index (χ3n) is 2.50. The lowest BCUT2D eigenvalue weighted by atomic mass is 9.77. The Balaban J connectivity index is 2.22. The molecule has 0 radical (unpaired) electrons. The molecule has 66 valence electrons. The van der Waals surface area contributed by atoms with Crippen LogP contribution in [0.5, 0.6) is 0 Å². The van der Waals surface area contributed by atoms with Crippen LogP contribution in [0.3, 0.4) is 0 Å². The zero-order chi connectivity index (χ0) is 8.32. The van der Waals surface area contributed by atoms with E-state index in [1.807, 2.05) is 0 Å². The third-order valence-corrected chi connectivity index (χ3v) is 2.50. The van der Waals surface area contributed by atoms with Gasteiger partial charge in [0, 0.05) is 5.54 Å². The van der Waals surface area contributed by atoms with Gasteiger partial charge in [-0.15, -0.1) is 0 Å². The summed E-state index contributed by atoms with van der Waals surface area (Å²) >= 11 is 0. The van der Waals surface area contributed by atoms with Crippen LogP contribution < -0.4 is 5.32 Å². The van der Waals surface area contributed by atoms with Gasteiger partial charge in [0.25, 0.3) is 0 Å². The summed E-state index contributed by atoms with van der Waals surface area (Å²) in [4.78, 5) is 0. The van der Waals surface area contributed by atoms with Gasteiger partial charge in [-0.2, -0.15) is 0 Å². The monoisotopic (exact) mass is 157 g/mol. The topological polar surface area (TPSA) is 32.3 Å². The highest BCUT2D eigenvalue weighted by molar-refractivity contribution is 4.95. The summed E-state index contributed by atoms with van der Waals surface area (Å²) in [5, 5.41) is 12.5. The predicted molar refractivity (Wildman–Crippen MR) is 46.5 cm³/mol. The fourth-order valence-electron chi connectivity index (χ4n) is 1.41. The lowest BCUT2D eigenvalue weighted by Gasteiger charge is -2.41. The highest BCUT2D eigenvalue weighted by Gasteiger charge is 2.35. The van der Waals surface area contributed by atoms with E-state index >= 15 is 0 Å². The Hall–Kier alpha value is -0.0800. The lowest BCUT2D eigenvalue weighted by Crippen LogP contribution is -2.54. The molecule has 1 aliphatic rings. The maximum absolute atomic E-state index is 9.09. The molecule has 0 saturated heterocycles. The summed E-state index contributed by atoms with van der Waals surface area (Å²) in [6.07, 6.45) is 3.57. The van der Waals surface area contributed by atoms with Crippen molar-refractivity contribution < 1.29 is 5.11 Å². The predicted octanol–water partition coefficient (Wildman–Crippen LogP) is 1.15. The SMILES string of the molecule is CC(C)CNC1(CO)CCC1. The van der Waals surface area contributed by atoms with Gasteiger partial charge in [-0.3, -0.25) is 0 Å². The molecule has 2 nitrogen and oxygen atoms in total. The quantitative estimate of drug-likeness (QED) is 0.641. The summed E-state index contributed by atoms with van der Waals surface area (Å²) in [5.74, 6) is 0.680. The second-order valence-corrected chi connectivity index (χ2v) is 4.07. The largest absolute Gasteiger partial charge is 0.394 e. The van der Waals surface area contributed by atoms with Gasteiger partial charge in [0.15, 0.2) is 0 Å². The second-order valence-electron chi connectivity index (χ2n) is 4.07. The third kappa shape index (κ3) is 2.17. The molecule has 0 spiro atoms. The number of aliphatic hydroxyl groups excluding tert-OH is 1. The zero-order valence-corrected chi connectivity index (χ0v) is 7.56. The highest BCUT2D eigenvalue weighted by atomic mass is 16.3. The molecule has 0 heterocycles. The van der Waals surface area contributed by atoms with Gasteiger partial charge in [-0.1, -0.05) is 13.8 Å². The molecule has 0 amide bonds. The number of aliphatic hydroxyl groups is 1. The van der Waals surface area contributed by atoms with E-state index in [4.69, 9.17) is 5.11 Å². The van der Waals surface area contributed by atoms with Crippen LogP contribution in [0.25, 0.3) is 0 Å². The molecule has 0 aliphatic heterocycles. The molecule has 1 fully saturated rings. The van der Waals surface area contributed by atoms with Gasteiger partial charge >= 0.3 is 0 Å². The Bertz CT molecular complexity index is 113. The Morgan fingerprint density at radius 1 is 1.45 bits per heavy atom.